The van der Waals surface area contributed by atoms with Crippen molar-refractivity contribution in [2.45, 2.75) is 25.9 Å². The molecule has 4 nitrogen and oxygen atoms in total. The van der Waals surface area contributed by atoms with Crippen molar-refractivity contribution in [3.63, 3.8) is 0 Å². The fourth-order valence-electron chi connectivity index (χ4n) is 2.24. The van der Waals surface area contributed by atoms with E-state index in [0.29, 0.717) is 18.2 Å². The summed E-state index contributed by atoms with van der Waals surface area (Å²) in [6.07, 6.45) is 2.43. The first kappa shape index (κ1) is 13.9. The van der Waals surface area contributed by atoms with Crippen LogP contribution in [0.5, 0.6) is 5.75 Å². The van der Waals surface area contributed by atoms with Crippen molar-refractivity contribution in [2.24, 2.45) is 0 Å². The molecule has 2 rings (SSSR count). The minimum atomic E-state index is -0.0339. The normalized spacial score (nSPS) is 17.2. The van der Waals surface area contributed by atoms with Crippen LogP contribution in [-0.2, 0) is 0 Å². The zero-order valence-electron chi connectivity index (χ0n) is 11.7. The molecule has 4 heteroatoms. The third kappa shape index (κ3) is 3.96. The largest absolute Gasteiger partial charge is 0.490 e. The third-order valence-corrected chi connectivity index (χ3v) is 3.42. The second-order valence-corrected chi connectivity index (χ2v) is 5.00. The lowest BCUT2D eigenvalue weighted by atomic mass is 10.1. The van der Waals surface area contributed by atoms with Crippen LogP contribution >= 0.6 is 0 Å². The highest BCUT2D eigenvalue weighted by Crippen LogP contribution is 2.19. The number of nitrogens with zero attached hydrogens (tertiary/aromatic N) is 1. The quantitative estimate of drug-likeness (QED) is 0.901. The van der Waals surface area contributed by atoms with Gasteiger partial charge in [-0.15, -0.1) is 0 Å². The Balaban J connectivity index is 1.90. The fourth-order valence-corrected chi connectivity index (χ4v) is 2.24. The van der Waals surface area contributed by atoms with Crippen LogP contribution in [0.15, 0.2) is 24.3 Å². The zero-order valence-corrected chi connectivity index (χ0v) is 11.7. The number of hydrogen-bond donors (Lipinski definition) is 1. The minimum absolute atomic E-state index is 0.0339. The van der Waals surface area contributed by atoms with Crippen LogP contribution in [0.2, 0.25) is 0 Å². The molecular weight excluding hydrogens is 240 g/mol. The van der Waals surface area contributed by atoms with Crippen molar-refractivity contribution in [3.05, 3.63) is 29.8 Å². The Morgan fingerprint density at radius 1 is 1.32 bits per heavy atom. The lowest BCUT2D eigenvalue weighted by molar-refractivity contribution is 0.0955. The maximum atomic E-state index is 11.6. The van der Waals surface area contributed by atoms with E-state index < -0.39 is 0 Å². The Bertz CT molecular complexity index is 409. The van der Waals surface area contributed by atoms with Crippen molar-refractivity contribution in [3.8, 4) is 5.75 Å². The second-order valence-electron chi connectivity index (χ2n) is 5.00. The molecule has 0 aromatic heterocycles. The lowest BCUT2D eigenvalue weighted by Gasteiger charge is -2.29. The first-order valence-corrected chi connectivity index (χ1v) is 6.92. The van der Waals surface area contributed by atoms with Gasteiger partial charge < -0.3 is 15.0 Å². The number of likely N-dealkylation sites (tertiary alicyclic amines) is 1. The molecule has 0 radical (unpaired) electrons. The number of rotatable bonds is 4. The molecule has 0 bridgehead atoms. The molecule has 0 aliphatic carbocycles. The summed E-state index contributed by atoms with van der Waals surface area (Å²) in [5.74, 6) is 0.816. The Kier molecular flexibility index (Phi) is 4.80. The summed E-state index contributed by atoms with van der Waals surface area (Å²) < 4.78 is 5.94. The van der Waals surface area contributed by atoms with E-state index in [1.807, 2.05) is 31.2 Å². The SMILES string of the molecule is CCNC(=O)c1ccc(OC2CCN(C)CC2)cc1. The standard InChI is InChI=1S/C15H22N2O2/c1-3-16-15(18)12-4-6-13(7-5-12)19-14-8-10-17(2)11-9-14/h4-7,14H,3,8-11H2,1-2H3,(H,16,18). The molecule has 1 fully saturated rings. The topological polar surface area (TPSA) is 41.6 Å². The Morgan fingerprint density at radius 3 is 2.53 bits per heavy atom. The smallest absolute Gasteiger partial charge is 0.251 e. The van der Waals surface area contributed by atoms with E-state index in [-0.39, 0.29) is 5.91 Å². The summed E-state index contributed by atoms with van der Waals surface area (Å²) in [6, 6.07) is 7.39. The molecular formula is C15H22N2O2. The van der Waals surface area contributed by atoms with Crippen LogP contribution in [0.25, 0.3) is 0 Å². The molecule has 1 aromatic rings. The predicted molar refractivity (Wildman–Crippen MR) is 75.6 cm³/mol. The van der Waals surface area contributed by atoms with Gasteiger partial charge in [-0.05, 0) is 51.1 Å². The van der Waals surface area contributed by atoms with Crippen LogP contribution in [-0.4, -0.2) is 43.6 Å². The van der Waals surface area contributed by atoms with Gasteiger partial charge in [0.25, 0.3) is 5.91 Å². The summed E-state index contributed by atoms with van der Waals surface area (Å²) in [6.45, 7) is 4.73. The molecule has 0 atom stereocenters. The van der Waals surface area contributed by atoms with Gasteiger partial charge in [-0.2, -0.15) is 0 Å². The van der Waals surface area contributed by atoms with E-state index in [2.05, 4.69) is 17.3 Å². The molecule has 1 N–H and O–H groups in total. The van der Waals surface area contributed by atoms with E-state index >= 15 is 0 Å². The van der Waals surface area contributed by atoms with Gasteiger partial charge >= 0.3 is 0 Å². The molecule has 1 aromatic carbocycles. The highest BCUT2D eigenvalue weighted by atomic mass is 16.5. The summed E-state index contributed by atoms with van der Waals surface area (Å²) in [7, 11) is 2.14. The Morgan fingerprint density at radius 2 is 1.95 bits per heavy atom. The van der Waals surface area contributed by atoms with Gasteiger partial charge in [-0.1, -0.05) is 0 Å². The number of hydrogen-bond acceptors (Lipinski definition) is 3. The van der Waals surface area contributed by atoms with Gasteiger partial charge in [-0.3, -0.25) is 4.79 Å². The van der Waals surface area contributed by atoms with E-state index in [1.54, 1.807) is 0 Å². The third-order valence-electron chi connectivity index (χ3n) is 3.42. The lowest BCUT2D eigenvalue weighted by Crippen LogP contribution is -2.35. The van der Waals surface area contributed by atoms with E-state index in [4.69, 9.17) is 4.74 Å². The van der Waals surface area contributed by atoms with Gasteiger partial charge in [0.2, 0.25) is 0 Å². The number of ether oxygens (including phenoxy) is 1. The molecule has 19 heavy (non-hydrogen) atoms. The van der Waals surface area contributed by atoms with Crippen LogP contribution in [0.1, 0.15) is 30.1 Å². The van der Waals surface area contributed by atoms with Crippen LogP contribution in [0.3, 0.4) is 0 Å². The number of nitrogens with one attached hydrogen (secondary N) is 1. The number of carbonyl (C=O) groups excluding carboxylic acids is 1. The maximum Gasteiger partial charge on any atom is 0.251 e. The number of amides is 1. The molecule has 1 heterocycles. The summed E-state index contributed by atoms with van der Waals surface area (Å²) >= 11 is 0. The number of benzene rings is 1. The molecule has 0 unspecified atom stereocenters. The Labute approximate surface area is 114 Å². The molecule has 104 valence electrons. The van der Waals surface area contributed by atoms with Gasteiger partial charge in [0, 0.05) is 25.2 Å². The maximum absolute atomic E-state index is 11.6. The van der Waals surface area contributed by atoms with Crippen molar-refractivity contribution in [1.82, 2.24) is 10.2 Å². The average Bonchev–Trinajstić information content (AvgIpc) is 2.42. The second kappa shape index (κ2) is 6.57. The molecule has 1 saturated heterocycles. The van der Waals surface area contributed by atoms with Gasteiger partial charge in [0.15, 0.2) is 0 Å². The zero-order chi connectivity index (χ0) is 13.7. The molecule has 1 amide bonds. The molecule has 0 saturated carbocycles. The van der Waals surface area contributed by atoms with Crippen LogP contribution in [0, 0.1) is 0 Å². The molecule has 0 spiro atoms. The number of piperidine rings is 1. The monoisotopic (exact) mass is 262 g/mol. The number of carbonyl (C=O) groups is 1. The highest BCUT2D eigenvalue weighted by Gasteiger charge is 2.17. The first-order valence-electron chi connectivity index (χ1n) is 6.92. The van der Waals surface area contributed by atoms with Crippen LogP contribution in [0.4, 0.5) is 0 Å². The fraction of sp³-hybridized carbons (Fsp3) is 0.533. The van der Waals surface area contributed by atoms with Crippen molar-refractivity contribution >= 4 is 5.91 Å². The summed E-state index contributed by atoms with van der Waals surface area (Å²) in [5, 5.41) is 2.78. The summed E-state index contributed by atoms with van der Waals surface area (Å²) in [5.41, 5.74) is 0.678. The van der Waals surface area contributed by atoms with Gasteiger partial charge in [0.1, 0.15) is 11.9 Å². The van der Waals surface area contributed by atoms with E-state index in [0.717, 1.165) is 31.7 Å². The van der Waals surface area contributed by atoms with Crippen molar-refractivity contribution < 1.29 is 9.53 Å². The molecule has 1 aliphatic heterocycles. The minimum Gasteiger partial charge on any atom is -0.490 e. The van der Waals surface area contributed by atoms with E-state index in [9.17, 15) is 4.79 Å². The Hall–Kier alpha value is -1.55. The average molecular weight is 262 g/mol. The summed E-state index contributed by atoms with van der Waals surface area (Å²) in [4.78, 5) is 13.9. The van der Waals surface area contributed by atoms with Crippen molar-refractivity contribution in [2.75, 3.05) is 26.7 Å². The predicted octanol–water partition coefficient (Wildman–Crippen LogP) is 1.91. The van der Waals surface area contributed by atoms with Gasteiger partial charge in [0.05, 0.1) is 0 Å². The highest BCUT2D eigenvalue weighted by molar-refractivity contribution is 5.94. The van der Waals surface area contributed by atoms with Crippen molar-refractivity contribution in [1.29, 1.82) is 0 Å². The van der Waals surface area contributed by atoms with Crippen LogP contribution < -0.4 is 10.1 Å². The van der Waals surface area contributed by atoms with E-state index in [1.165, 1.54) is 0 Å². The van der Waals surface area contributed by atoms with Gasteiger partial charge in [-0.25, -0.2) is 0 Å². The first-order chi connectivity index (χ1) is 9.19. The molecule has 1 aliphatic rings.